The average Bonchev–Trinajstić information content (AvgIpc) is 2.84. The molecule has 1 saturated heterocycles. The third-order valence-electron chi connectivity index (χ3n) is 2.99. The maximum Gasteiger partial charge on any atom is 0.226 e. The monoisotopic (exact) mass is 182 g/mol. The Labute approximate surface area is 79.5 Å². The maximum atomic E-state index is 11.9. The van der Waals surface area contributed by atoms with Crippen molar-refractivity contribution in [2.75, 3.05) is 19.6 Å². The topological polar surface area (TPSA) is 32.3 Å². The molecule has 0 radical (unpaired) electrons. The summed E-state index contributed by atoms with van der Waals surface area (Å²) in [5.74, 6) is 0.740. The zero-order valence-corrected chi connectivity index (χ0v) is 8.47. The molecular weight excluding hydrogens is 164 g/mol. The second-order valence-electron chi connectivity index (χ2n) is 4.75. The van der Waals surface area contributed by atoms with Crippen molar-refractivity contribution < 1.29 is 4.79 Å². The van der Waals surface area contributed by atoms with Crippen molar-refractivity contribution >= 4 is 5.91 Å². The number of carbonyl (C=O) groups excluding carboxylic acids is 1. The lowest BCUT2D eigenvalue weighted by atomic mass is 9.99. The molecule has 0 aromatic carbocycles. The third kappa shape index (κ3) is 1.70. The van der Waals surface area contributed by atoms with Gasteiger partial charge in [-0.15, -0.1) is 0 Å². The Balaban J connectivity index is 2.05. The average molecular weight is 182 g/mol. The van der Waals surface area contributed by atoms with Crippen molar-refractivity contribution in [3.63, 3.8) is 0 Å². The number of carbonyl (C=O) groups is 1. The summed E-state index contributed by atoms with van der Waals surface area (Å²) in [4.78, 5) is 13.9. The van der Waals surface area contributed by atoms with Crippen LogP contribution in [-0.4, -0.2) is 36.0 Å². The fourth-order valence-corrected chi connectivity index (χ4v) is 1.94. The predicted molar refractivity (Wildman–Crippen MR) is 51.4 cm³/mol. The molecule has 2 aliphatic rings. The summed E-state index contributed by atoms with van der Waals surface area (Å²) in [6.45, 7) is 7.02. The first-order chi connectivity index (χ1) is 6.11. The van der Waals surface area contributed by atoms with Crippen LogP contribution in [0, 0.1) is 5.92 Å². The quantitative estimate of drug-likeness (QED) is 0.644. The van der Waals surface area contributed by atoms with Gasteiger partial charge in [-0.25, -0.2) is 0 Å². The van der Waals surface area contributed by atoms with Crippen molar-refractivity contribution in [1.82, 2.24) is 10.2 Å². The lowest BCUT2D eigenvalue weighted by Gasteiger charge is -2.43. The molecule has 1 aliphatic carbocycles. The highest BCUT2D eigenvalue weighted by Gasteiger charge is 2.40. The molecular formula is C10H18N2O. The Kier molecular flexibility index (Phi) is 2.06. The van der Waals surface area contributed by atoms with Crippen LogP contribution in [0.25, 0.3) is 0 Å². The van der Waals surface area contributed by atoms with Gasteiger partial charge in [0.05, 0.1) is 0 Å². The Morgan fingerprint density at radius 3 is 2.69 bits per heavy atom. The van der Waals surface area contributed by atoms with Crippen LogP contribution in [0.15, 0.2) is 0 Å². The van der Waals surface area contributed by atoms with Crippen molar-refractivity contribution in [2.45, 2.75) is 32.2 Å². The third-order valence-corrected chi connectivity index (χ3v) is 2.99. The molecule has 1 saturated carbocycles. The largest absolute Gasteiger partial charge is 0.335 e. The van der Waals surface area contributed by atoms with E-state index in [1.54, 1.807) is 0 Å². The van der Waals surface area contributed by atoms with Crippen LogP contribution in [0.3, 0.4) is 0 Å². The molecule has 0 aromatic heterocycles. The van der Waals surface area contributed by atoms with Crippen LogP contribution in [0.4, 0.5) is 0 Å². The Hall–Kier alpha value is -0.570. The molecule has 0 unspecified atom stereocenters. The number of hydrogen-bond acceptors (Lipinski definition) is 2. The minimum absolute atomic E-state index is 0.0118. The number of piperazine rings is 1. The van der Waals surface area contributed by atoms with Gasteiger partial charge >= 0.3 is 0 Å². The van der Waals surface area contributed by atoms with Crippen LogP contribution >= 0.6 is 0 Å². The minimum atomic E-state index is 0.0118. The number of nitrogens with zero attached hydrogens (tertiary/aromatic N) is 1. The molecule has 0 bridgehead atoms. The van der Waals surface area contributed by atoms with E-state index in [4.69, 9.17) is 0 Å². The summed E-state index contributed by atoms with van der Waals surface area (Å²) < 4.78 is 0. The molecule has 0 spiro atoms. The van der Waals surface area contributed by atoms with Gasteiger partial charge in [0, 0.05) is 31.1 Å². The normalized spacial score (nSPS) is 27.4. The lowest BCUT2D eigenvalue weighted by molar-refractivity contribution is -0.139. The van der Waals surface area contributed by atoms with E-state index in [0.717, 1.165) is 32.5 Å². The van der Waals surface area contributed by atoms with E-state index in [2.05, 4.69) is 24.1 Å². The van der Waals surface area contributed by atoms with Crippen molar-refractivity contribution in [3.8, 4) is 0 Å². The summed E-state index contributed by atoms with van der Waals surface area (Å²) >= 11 is 0. The van der Waals surface area contributed by atoms with E-state index in [9.17, 15) is 4.79 Å². The van der Waals surface area contributed by atoms with Crippen LogP contribution in [-0.2, 0) is 4.79 Å². The minimum Gasteiger partial charge on any atom is -0.335 e. The van der Waals surface area contributed by atoms with Crippen LogP contribution < -0.4 is 5.32 Å². The fourth-order valence-electron chi connectivity index (χ4n) is 1.94. The van der Waals surface area contributed by atoms with E-state index in [1.807, 2.05) is 0 Å². The van der Waals surface area contributed by atoms with E-state index in [0.29, 0.717) is 11.8 Å². The first kappa shape index (κ1) is 9.00. The first-order valence-corrected chi connectivity index (χ1v) is 5.13. The van der Waals surface area contributed by atoms with Gasteiger partial charge in [-0.3, -0.25) is 4.79 Å². The molecule has 74 valence electrons. The summed E-state index contributed by atoms with van der Waals surface area (Å²) in [5.41, 5.74) is 0.0118. The highest BCUT2D eigenvalue weighted by Crippen LogP contribution is 2.33. The summed E-state index contributed by atoms with van der Waals surface area (Å²) in [6.07, 6.45) is 2.22. The van der Waals surface area contributed by atoms with Gasteiger partial charge in [-0.2, -0.15) is 0 Å². The van der Waals surface area contributed by atoms with Crippen molar-refractivity contribution in [1.29, 1.82) is 0 Å². The molecule has 0 atom stereocenters. The van der Waals surface area contributed by atoms with Crippen LogP contribution in [0.2, 0.25) is 0 Å². The molecule has 1 aliphatic heterocycles. The van der Waals surface area contributed by atoms with E-state index < -0.39 is 0 Å². The summed E-state index contributed by atoms with van der Waals surface area (Å²) in [7, 11) is 0. The zero-order chi connectivity index (χ0) is 9.47. The van der Waals surface area contributed by atoms with Gasteiger partial charge in [0.15, 0.2) is 0 Å². The van der Waals surface area contributed by atoms with Gasteiger partial charge < -0.3 is 10.2 Å². The van der Waals surface area contributed by atoms with Crippen LogP contribution in [0.5, 0.6) is 0 Å². The number of rotatable bonds is 1. The molecule has 2 rings (SSSR count). The van der Waals surface area contributed by atoms with Crippen molar-refractivity contribution in [3.05, 3.63) is 0 Å². The second kappa shape index (κ2) is 2.98. The number of hydrogen-bond donors (Lipinski definition) is 1. The van der Waals surface area contributed by atoms with Gasteiger partial charge in [0.25, 0.3) is 0 Å². The Morgan fingerprint density at radius 1 is 1.46 bits per heavy atom. The molecule has 1 N–H and O–H groups in total. The van der Waals surface area contributed by atoms with Gasteiger partial charge in [0.1, 0.15) is 0 Å². The highest BCUT2D eigenvalue weighted by molar-refractivity contribution is 5.81. The number of amides is 1. The van der Waals surface area contributed by atoms with Crippen LogP contribution in [0.1, 0.15) is 26.7 Å². The van der Waals surface area contributed by atoms with Crippen molar-refractivity contribution in [2.24, 2.45) is 5.92 Å². The smallest absolute Gasteiger partial charge is 0.226 e. The first-order valence-electron chi connectivity index (χ1n) is 5.13. The van der Waals surface area contributed by atoms with E-state index in [1.165, 1.54) is 0 Å². The molecule has 2 fully saturated rings. The van der Waals surface area contributed by atoms with Gasteiger partial charge in [-0.05, 0) is 26.7 Å². The van der Waals surface area contributed by atoms with Gasteiger partial charge in [-0.1, -0.05) is 0 Å². The summed E-state index contributed by atoms with van der Waals surface area (Å²) in [5, 5.41) is 3.33. The predicted octanol–water partition coefficient (Wildman–Crippen LogP) is 0.607. The molecule has 3 heteroatoms. The molecule has 1 heterocycles. The lowest BCUT2D eigenvalue weighted by Crippen LogP contribution is -2.60. The molecule has 3 nitrogen and oxygen atoms in total. The molecule has 0 aromatic rings. The Morgan fingerprint density at radius 2 is 2.15 bits per heavy atom. The highest BCUT2D eigenvalue weighted by atomic mass is 16.2. The van der Waals surface area contributed by atoms with Gasteiger partial charge in [0.2, 0.25) is 5.91 Å². The van der Waals surface area contributed by atoms with E-state index >= 15 is 0 Å². The summed E-state index contributed by atoms with van der Waals surface area (Å²) in [6, 6.07) is 0. The molecule has 13 heavy (non-hydrogen) atoms. The van der Waals surface area contributed by atoms with E-state index in [-0.39, 0.29) is 5.54 Å². The standard InChI is InChI=1S/C10H18N2O/c1-10(2)7-11-5-6-12(10)9(13)8-3-4-8/h8,11H,3-7H2,1-2H3. The number of nitrogens with one attached hydrogen (secondary N) is 1. The fraction of sp³-hybridized carbons (Fsp3) is 0.900. The Bertz CT molecular complexity index is 221. The SMILES string of the molecule is CC1(C)CNCCN1C(=O)C1CC1. The zero-order valence-electron chi connectivity index (χ0n) is 8.47. The second-order valence-corrected chi connectivity index (χ2v) is 4.75. The maximum absolute atomic E-state index is 11.9. The molecule has 1 amide bonds.